The van der Waals surface area contributed by atoms with Gasteiger partial charge in [-0.15, -0.1) is 10.2 Å². The van der Waals surface area contributed by atoms with Crippen molar-refractivity contribution in [1.29, 1.82) is 0 Å². The SMILES string of the molecule is CCc1nnc(NC(=O)[C@@H]2c3ccccc3C(=O)N(CCOC)C23CCCCC3)s1. The van der Waals surface area contributed by atoms with Crippen LogP contribution in [0.4, 0.5) is 5.13 Å². The Morgan fingerprint density at radius 2 is 2.03 bits per heavy atom. The molecule has 160 valence electrons. The van der Waals surface area contributed by atoms with Crippen LogP contribution >= 0.6 is 11.3 Å². The third-order valence-corrected chi connectivity index (χ3v) is 7.31. The van der Waals surface area contributed by atoms with Crippen LogP contribution in [0.1, 0.15) is 65.9 Å². The highest BCUT2D eigenvalue weighted by Gasteiger charge is 2.54. The number of carbonyl (C=O) groups excluding carboxylic acids is 2. The van der Waals surface area contributed by atoms with Crippen LogP contribution in [0.5, 0.6) is 0 Å². The second-order valence-electron chi connectivity index (χ2n) is 7.98. The highest BCUT2D eigenvalue weighted by molar-refractivity contribution is 7.15. The molecular weight excluding hydrogens is 400 g/mol. The van der Waals surface area contributed by atoms with Crippen LogP contribution in [0.25, 0.3) is 0 Å². The Hall–Kier alpha value is -2.32. The van der Waals surface area contributed by atoms with Crippen molar-refractivity contribution < 1.29 is 14.3 Å². The molecule has 7 nitrogen and oxygen atoms in total. The summed E-state index contributed by atoms with van der Waals surface area (Å²) >= 11 is 1.40. The number of amides is 2. The first-order valence-corrected chi connectivity index (χ1v) is 11.5. The lowest BCUT2D eigenvalue weighted by molar-refractivity contribution is -0.122. The van der Waals surface area contributed by atoms with E-state index in [0.29, 0.717) is 23.8 Å². The molecule has 8 heteroatoms. The fourth-order valence-corrected chi connectivity index (χ4v) is 5.66. The first kappa shape index (κ1) is 20.9. The molecular formula is C22H28N4O3S. The van der Waals surface area contributed by atoms with Crippen molar-refractivity contribution in [3.05, 3.63) is 40.4 Å². The molecule has 1 fully saturated rings. The summed E-state index contributed by atoms with van der Waals surface area (Å²) in [5, 5.41) is 12.7. The maximum atomic E-state index is 13.7. The van der Waals surface area contributed by atoms with Crippen LogP contribution < -0.4 is 5.32 Å². The van der Waals surface area contributed by atoms with E-state index < -0.39 is 11.5 Å². The molecule has 2 amide bonds. The summed E-state index contributed by atoms with van der Waals surface area (Å²) in [6, 6.07) is 7.53. The molecule has 4 rings (SSSR count). The van der Waals surface area contributed by atoms with E-state index in [2.05, 4.69) is 15.5 Å². The van der Waals surface area contributed by atoms with Gasteiger partial charge in [0.05, 0.1) is 18.1 Å². The van der Waals surface area contributed by atoms with E-state index in [1.165, 1.54) is 11.3 Å². The lowest BCUT2D eigenvalue weighted by Gasteiger charge is -2.53. The zero-order valence-corrected chi connectivity index (χ0v) is 18.3. The molecule has 1 saturated carbocycles. The van der Waals surface area contributed by atoms with E-state index >= 15 is 0 Å². The molecule has 1 atom stereocenters. The number of hydrogen-bond acceptors (Lipinski definition) is 6. The maximum Gasteiger partial charge on any atom is 0.254 e. The van der Waals surface area contributed by atoms with Crippen molar-refractivity contribution in [1.82, 2.24) is 15.1 Å². The van der Waals surface area contributed by atoms with Crippen molar-refractivity contribution in [3.8, 4) is 0 Å². The molecule has 0 radical (unpaired) electrons. The summed E-state index contributed by atoms with van der Waals surface area (Å²) in [6.07, 6.45) is 5.53. The van der Waals surface area contributed by atoms with Crippen molar-refractivity contribution in [3.63, 3.8) is 0 Å². The van der Waals surface area contributed by atoms with Gasteiger partial charge in [0.2, 0.25) is 11.0 Å². The summed E-state index contributed by atoms with van der Waals surface area (Å²) in [5.74, 6) is -0.562. The van der Waals surface area contributed by atoms with Crippen LogP contribution in [-0.2, 0) is 16.0 Å². The van der Waals surface area contributed by atoms with Crippen LogP contribution in [-0.4, -0.2) is 52.7 Å². The second-order valence-corrected chi connectivity index (χ2v) is 9.04. The summed E-state index contributed by atoms with van der Waals surface area (Å²) in [4.78, 5) is 29.1. The molecule has 2 aliphatic rings. The molecule has 1 aromatic heterocycles. The maximum absolute atomic E-state index is 13.7. The number of hydrogen-bond donors (Lipinski definition) is 1. The van der Waals surface area contributed by atoms with E-state index in [4.69, 9.17) is 4.74 Å². The van der Waals surface area contributed by atoms with Gasteiger partial charge in [-0.2, -0.15) is 0 Å². The minimum absolute atomic E-state index is 0.00205. The number of nitrogens with zero attached hydrogens (tertiary/aromatic N) is 3. The zero-order chi connectivity index (χ0) is 21.1. The fraction of sp³-hybridized carbons (Fsp3) is 0.545. The number of aryl methyl sites for hydroxylation is 1. The summed E-state index contributed by atoms with van der Waals surface area (Å²) in [6.45, 7) is 2.94. The highest BCUT2D eigenvalue weighted by atomic mass is 32.1. The normalized spacial score (nSPS) is 20.3. The first-order valence-electron chi connectivity index (χ1n) is 10.6. The van der Waals surface area contributed by atoms with Gasteiger partial charge in [-0.25, -0.2) is 0 Å². The van der Waals surface area contributed by atoms with Gasteiger partial charge in [0.15, 0.2) is 0 Å². The molecule has 1 N–H and O–H groups in total. The van der Waals surface area contributed by atoms with Crippen LogP contribution in [0, 0.1) is 0 Å². The molecule has 1 aromatic carbocycles. The molecule has 1 aliphatic heterocycles. The molecule has 1 spiro atoms. The molecule has 2 heterocycles. The van der Waals surface area contributed by atoms with E-state index in [0.717, 1.165) is 49.1 Å². The number of fused-ring (bicyclic) bond motifs is 1. The lowest BCUT2D eigenvalue weighted by Crippen LogP contribution is -2.62. The number of rotatable bonds is 6. The van der Waals surface area contributed by atoms with Crippen molar-refractivity contribution in [2.75, 3.05) is 25.6 Å². The number of methoxy groups -OCH3 is 1. The van der Waals surface area contributed by atoms with Gasteiger partial charge in [-0.3, -0.25) is 14.9 Å². The standard InChI is InChI=1S/C22H28N4O3S/c1-3-17-24-25-21(30-17)23-19(27)18-15-9-5-6-10-16(15)20(28)26(13-14-29-2)22(18)11-7-4-8-12-22/h5-6,9-10,18H,3-4,7-8,11-14H2,1-2H3,(H,23,25,27)/t18-/m0/s1. The molecule has 0 bridgehead atoms. The Labute approximate surface area is 180 Å². The first-order chi connectivity index (χ1) is 14.6. The largest absolute Gasteiger partial charge is 0.383 e. The monoisotopic (exact) mass is 428 g/mol. The average molecular weight is 429 g/mol. The Morgan fingerprint density at radius 1 is 1.27 bits per heavy atom. The number of anilines is 1. The second kappa shape index (κ2) is 8.81. The van der Waals surface area contributed by atoms with Crippen LogP contribution in [0.15, 0.2) is 24.3 Å². The fourth-order valence-electron chi connectivity index (χ4n) is 4.98. The van der Waals surface area contributed by atoms with Crippen molar-refractivity contribution in [2.24, 2.45) is 0 Å². The van der Waals surface area contributed by atoms with E-state index in [-0.39, 0.29) is 11.8 Å². The van der Waals surface area contributed by atoms with Gasteiger partial charge in [0, 0.05) is 19.2 Å². The van der Waals surface area contributed by atoms with Gasteiger partial charge in [-0.1, -0.05) is 55.7 Å². The predicted molar refractivity (Wildman–Crippen MR) is 116 cm³/mol. The molecule has 0 unspecified atom stereocenters. The molecule has 0 saturated heterocycles. The van der Waals surface area contributed by atoms with Gasteiger partial charge in [-0.05, 0) is 30.9 Å². The van der Waals surface area contributed by atoms with Crippen LogP contribution in [0.3, 0.4) is 0 Å². The number of ether oxygens (including phenoxy) is 1. The minimum Gasteiger partial charge on any atom is -0.383 e. The van der Waals surface area contributed by atoms with Crippen LogP contribution in [0.2, 0.25) is 0 Å². The van der Waals surface area contributed by atoms with Gasteiger partial charge in [0.1, 0.15) is 5.01 Å². The Balaban J connectivity index is 1.77. The Bertz CT molecular complexity index is 923. The molecule has 2 aromatic rings. The number of carbonyl (C=O) groups is 2. The topological polar surface area (TPSA) is 84.4 Å². The van der Waals surface area contributed by atoms with Crippen molar-refractivity contribution >= 4 is 28.3 Å². The summed E-state index contributed by atoms with van der Waals surface area (Å²) in [7, 11) is 1.64. The lowest BCUT2D eigenvalue weighted by atomic mass is 9.65. The quantitative estimate of drug-likeness (QED) is 0.760. The van der Waals surface area contributed by atoms with E-state index in [1.807, 2.05) is 36.1 Å². The van der Waals surface area contributed by atoms with E-state index in [1.54, 1.807) is 7.11 Å². The Kier molecular flexibility index (Phi) is 6.15. The third kappa shape index (κ3) is 3.63. The molecule has 30 heavy (non-hydrogen) atoms. The number of benzene rings is 1. The van der Waals surface area contributed by atoms with E-state index in [9.17, 15) is 9.59 Å². The predicted octanol–water partition coefficient (Wildman–Crippen LogP) is 3.63. The van der Waals surface area contributed by atoms with Gasteiger partial charge < -0.3 is 9.64 Å². The minimum atomic E-state index is -0.537. The molecule has 1 aliphatic carbocycles. The van der Waals surface area contributed by atoms with Crippen molar-refractivity contribution in [2.45, 2.75) is 56.9 Å². The third-order valence-electron chi connectivity index (χ3n) is 6.32. The van der Waals surface area contributed by atoms with Gasteiger partial charge in [0.25, 0.3) is 5.91 Å². The summed E-state index contributed by atoms with van der Waals surface area (Å²) in [5.41, 5.74) is 0.886. The number of aromatic nitrogens is 2. The highest BCUT2D eigenvalue weighted by Crippen LogP contribution is 2.49. The summed E-state index contributed by atoms with van der Waals surface area (Å²) < 4.78 is 5.31. The smallest absolute Gasteiger partial charge is 0.254 e. The Morgan fingerprint density at radius 3 is 2.73 bits per heavy atom. The van der Waals surface area contributed by atoms with Gasteiger partial charge >= 0.3 is 0 Å². The average Bonchev–Trinajstić information content (AvgIpc) is 3.22. The number of nitrogens with one attached hydrogen (secondary N) is 1. The zero-order valence-electron chi connectivity index (χ0n) is 17.5.